The molecule has 1 aliphatic heterocycles. The molecule has 0 aliphatic carbocycles. The van der Waals surface area contributed by atoms with Crippen molar-refractivity contribution in [2.45, 2.75) is 25.7 Å². The van der Waals surface area contributed by atoms with Gasteiger partial charge in [0.05, 0.1) is 12.7 Å². The molecule has 160 valence electrons. The number of nitrogens with zero attached hydrogens (tertiary/aromatic N) is 2. The summed E-state index contributed by atoms with van der Waals surface area (Å²) in [5.41, 5.74) is 4.75. The normalized spacial score (nSPS) is 27.2. The van der Waals surface area contributed by atoms with Crippen molar-refractivity contribution in [1.82, 2.24) is 9.55 Å². The first-order chi connectivity index (χ1) is 12.7. The molecule has 18 heteroatoms. The lowest BCUT2D eigenvalue weighted by Gasteiger charge is -2.19. The smallest absolute Gasteiger partial charge is 0.383 e. The molecule has 0 amide bonds. The molecule has 1 aromatic heterocycles. The maximum Gasteiger partial charge on any atom is 0.490 e. The Morgan fingerprint density at radius 3 is 2.46 bits per heavy atom. The molecule has 0 bridgehead atoms. The van der Waals surface area contributed by atoms with Crippen LogP contribution < -0.4 is 11.4 Å². The van der Waals surface area contributed by atoms with Crippen LogP contribution >= 0.6 is 23.5 Å². The van der Waals surface area contributed by atoms with E-state index < -0.39 is 48.1 Å². The van der Waals surface area contributed by atoms with Gasteiger partial charge in [0.2, 0.25) is 0 Å². The summed E-state index contributed by atoms with van der Waals surface area (Å²) >= 11 is 0. The SMILES string of the molecule is CC1C[C@@H](COP(=O)(O)OP(=O)(O)OP(=O)(O)O)O[C@H]1n1ccc(N)nc1=O. The topological polar surface area (TPSA) is 230 Å². The molecule has 15 nitrogen and oxygen atoms in total. The average molecular weight is 465 g/mol. The second-order valence-electron chi connectivity index (χ2n) is 5.79. The summed E-state index contributed by atoms with van der Waals surface area (Å²) in [4.78, 5) is 50.9. The highest BCUT2D eigenvalue weighted by molar-refractivity contribution is 7.66. The molecule has 1 aromatic rings. The van der Waals surface area contributed by atoms with Crippen molar-refractivity contribution in [2.75, 3.05) is 12.3 Å². The Balaban J connectivity index is 1.97. The monoisotopic (exact) mass is 465 g/mol. The van der Waals surface area contributed by atoms with Gasteiger partial charge in [0, 0.05) is 12.1 Å². The van der Waals surface area contributed by atoms with Crippen molar-refractivity contribution < 1.29 is 51.2 Å². The van der Waals surface area contributed by atoms with Crippen molar-refractivity contribution in [3.63, 3.8) is 0 Å². The third kappa shape index (κ3) is 6.83. The Kier molecular flexibility index (Phi) is 7.02. The number of nitrogens with two attached hydrogens (primary N) is 1. The van der Waals surface area contributed by atoms with Gasteiger partial charge in [-0.1, -0.05) is 6.92 Å². The first-order valence-corrected chi connectivity index (χ1v) is 12.0. The van der Waals surface area contributed by atoms with Gasteiger partial charge in [-0.2, -0.15) is 13.6 Å². The molecule has 0 spiro atoms. The van der Waals surface area contributed by atoms with Gasteiger partial charge < -0.3 is 30.0 Å². The Morgan fingerprint density at radius 1 is 1.25 bits per heavy atom. The van der Waals surface area contributed by atoms with E-state index in [-0.39, 0.29) is 18.2 Å². The summed E-state index contributed by atoms with van der Waals surface area (Å²) in [7, 11) is -16.3. The number of nitrogen functional groups attached to an aromatic ring is 1. The van der Waals surface area contributed by atoms with Gasteiger partial charge in [-0.05, 0) is 12.5 Å². The highest BCUT2D eigenvalue weighted by Gasteiger charge is 2.42. The third-order valence-corrected chi connectivity index (χ3v) is 7.22. The number of anilines is 1. The minimum absolute atomic E-state index is 0.0242. The zero-order valence-electron chi connectivity index (χ0n) is 14.2. The van der Waals surface area contributed by atoms with Crippen LogP contribution in [0.2, 0.25) is 0 Å². The third-order valence-electron chi connectivity index (χ3n) is 3.42. The lowest BCUT2D eigenvalue weighted by atomic mass is 10.1. The number of hydrogen-bond acceptors (Lipinski definition) is 10. The van der Waals surface area contributed by atoms with Crippen LogP contribution in [0.3, 0.4) is 0 Å². The molecule has 2 rings (SSSR count). The first-order valence-electron chi connectivity index (χ1n) is 7.46. The number of phosphoric acid groups is 3. The summed E-state index contributed by atoms with van der Waals surface area (Å²) < 4.78 is 52.0. The summed E-state index contributed by atoms with van der Waals surface area (Å²) in [6, 6.07) is 1.39. The Bertz CT molecular complexity index is 914. The van der Waals surface area contributed by atoms with Gasteiger partial charge in [0.15, 0.2) is 0 Å². The van der Waals surface area contributed by atoms with Gasteiger partial charge in [-0.25, -0.2) is 18.5 Å². The van der Waals surface area contributed by atoms with Crippen LogP contribution in [0.4, 0.5) is 5.82 Å². The highest BCUT2D eigenvalue weighted by Crippen LogP contribution is 2.66. The lowest BCUT2D eigenvalue weighted by Crippen LogP contribution is -2.29. The fraction of sp³-hybridized carbons (Fsp3) is 0.600. The maximum atomic E-state index is 11.9. The number of rotatable bonds is 8. The minimum Gasteiger partial charge on any atom is -0.383 e. The molecule has 5 atom stereocenters. The minimum atomic E-state index is -5.59. The molecule has 1 aliphatic rings. The molecule has 3 unspecified atom stereocenters. The quantitative estimate of drug-likeness (QED) is 0.321. The van der Waals surface area contributed by atoms with Gasteiger partial charge in [-0.15, -0.1) is 0 Å². The van der Waals surface area contributed by atoms with E-state index in [9.17, 15) is 23.4 Å². The van der Waals surface area contributed by atoms with Crippen molar-refractivity contribution in [3.05, 3.63) is 22.7 Å². The molecule has 6 N–H and O–H groups in total. The standard InChI is InChI=1S/C10H18N3O12P3/c1-6-4-7(23-9(6)13-3-2-8(11)12-10(13)14)5-22-27(18,19)25-28(20,21)24-26(15,16)17/h2-3,6-7,9H,4-5H2,1H3,(H,18,19)(H,20,21)(H2,11,12,14)(H2,15,16,17)/t6?,7-,9+/m0/s1. The maximum absolute atomic E-state index is 11.9. The van der Waals surface area contributed by atoms with Crippen LogP contribution in [0, 0.1) is 5.92 Å². The van der Waals surface area contributed by atoms with Crippen molar-refractivity contribution in [3.8, 4) is 0 Å². The van der Waals surface area contributed by atoms with E-state index in [0.717, 1.165) is 0 Å². The molecule has 1 fully saturated rings. The number of aromatic nitrogens is 2. The zero-order chi connectivity index (χ0) is 21.3. The molecule has 0 radical (unpaired) electrons. The van der Waals surface area contributed by atoms with Crippen LogP contribution in [0.1, 0.15) is 19.6 Å². The van der Waals surface area contributed by atoms with E-state index in [1.807, 2.05) is 0 Å². The molecule has 1 saturated heterocycles. The van der Waals surface area contributed by atoms with Crippen molar-refractivity contribution >= 4 is 29.3 Å². The second kappa shape index (κ2) is 8.42. The molecule has 2 heterocycles. The summed E-state index contributed by atoms with van der Waals surface area (Å²) in [5.74, 6) is -0.214. The second-order valence-corrected chi connectivity index (χ2v) is 10.2. The van der Waals surface area contributed by atoms with Gasteiger partial charge in [0.1, 0.15) is 12.0 Å². The van der Waals surface area contributed by atoms with E-state index in [1.165, 1.54) is 16.8 Å². The van der Waals surface area contributed by atoms with E-state index in [1.54, 1.807) is 6.92 Å². The number of phosphoric ester groups is 1. The van der Waals surface area contributed by atoms with Gasteiger partial charge in [-0.3, -0.25) is 9.09 Å². The Morgan fingerprint density at radius 2 is 1.89 bits per heavy atom. The fourth-order valence-corrected chi connectivity index (χ4v) is 5.51. The van der Waals surface area contributed by atoms with Crippen LogP contribution in [0.25, 0.3) is 0 Å². The molecule has 0 saturated carbocycles. The van der Waals surface area contributed by atoms with Crippen LogP contribution in [-0.2, 0) is 31.6 Å². The lowest BCUT2D eigenvalue weighted by molar-refractivity contribution is -0.0331. The van der Waals surface area contributed by atoms with Gasteiger partial charge >= 0.3 is 29.2 Å². The predicted molar refractivity (Wildman–Crippen MR) is 90.4 cm³/mol. The zero-order valence-corrected chi connectivity index (χ0v) is 16.9. The molecule has 0 aromatic carbocycles. The Hall–Kier alpha value is -0.950. The van der Waals surface area contributed by atoms with E-state index in [0.29, 0.717) is 0 Å². The van der Waals surface area contributed by atoms with Crippen molar-refractivity contribution in [1.29, 1.82) is 0 Å². The van der Waals surface area contributed by atoms with Crippen LogP contribution in [0.5, 0.6) is 0 Å². The van der Waals surface area contributed by atoms with E-state index in [2.05, 4.69) is 18.1 Å². The highest BCUT2D eigenvalue weighted by atomic mass is 31.3. The van der Waals surface area contributed by atoms with Gasteiger partial charge in [0.25, 0.3) is 0 Å². The largest absolute Gasteiger partial charge is 0.490 e. The summed E-state index contributed by atoms with van der Waals surface area (Å²) in [5, 5.41) is 0. The first kappa shape index (κ1) is 23.3. The van der Waals surface area contributed by atoms with Crippen LogP contribution in [0.15, 0.2) is 17.1 Å². The Labute approximate surface area is 157 Å². The summed E-state index contributed by atoms with van der Waals surface area (Å²) in [6.45, 7) is 1.14. The fourth-order valence-electron chi connectivity index (χ4n) is 2.47. The van der Waals surface area contributed by atoms with E-state index in [4.69, 9.17) is 25.2 Å². The average Bonchev–Trinajstić information content (AvgIpc) is 2.82. The number of ether oxygens (including phenoxy) is 1. The number of hydrogen-bond donors (Lipinski definition) is 5. The molecular formula is C10H18N3O12P3. The molecule has 28 heavy (non-hydrogen) atoms. The summed E-state index contributed by atoms with van der Waals surface area (Å²) in [6.07, 6.45) is 0.0674. The molecular weight excluding hydrogens is 447 g/mol. The van der Waals surface area contributed by atoms with Crippen molar-refractivity contribution in [2.24, 2.45) is 5.92 Å². The van der Waals surface area contributed by atoms with E-state index >= 15 is 0 Å². The predicted octanol–water partition coefficient (Wildman–Crippen LogP) is 0.0924. The van der Waals surface area contributed by atoms with Crippen LogP contribution in [-0.4, -0.2) is 41.8 Å².